The van der Waals surface area contributed by atoms with Gasteiger partial charge in [-0.2, -0.15) is 0 Å². The Morgan fingerprint density at radius 3 is 2.79 bits per heavy atom. The first-order valence-electron chi connectivity index (χ1n) is 14.4. The number of amides is 2. The molecule has 0 bridgehead atoms. The van der Waals surface area contributed by atoms with Crippen LogP contribution >= 0.6 is 11.8 Å². The molecule has 43 heavy (non-hydrogen) atoms. The van der Waals surface area contributed by atoms with Crippen molar-refractivity contribution in [3.8, 4) is 5.88 Å². The van der Waals surface area contributed by atoms with Gasteiger partial charge in [0.1, 0.15) is 17.7 Å². The summed E-state index contributed by atoms with van der Waals surface area (Å²) < 4.78 is 17.6. The predicted molar refractivity (Wildman–Crippen MR) is 162 cm³/mol. The molecule has 3 atom stereocenters. The van der Waals surface area contributed by atoms with Crippen LogP contribution in [0.3, 0.4) is 0 Å². The number of anilines is 1. The molecule has 3 aromatic heterocycles. The molecular formula is C31H37N5O6S. The van der Waals surface area contributed by atoms with Crippen LogP contribution in [0.25, 0.3) is 11.0 Å². The monoisotopic (exact) mass is 607 g/mol. The summed E-state index contributed by atoms with van der Waals surface area (Å²) >= 11 is 1.43. The number of methoxy groups -OCH3 is 1. The molecule has 2 amide bonds. The number of thioether (sulfide) groups is 1. The van der Waals surface area contributed by atoms with Crippen LogP contribution in [0.15, 0.2) is 41.4 Å². The van der Waals surface area contributed by atoms with E-state index in [0.29, 0.717) is 42.4 Å². The standard InChI is InChI=1S/C31H37N5O6S/c1-31(2,3)42-30(39)36(17-20-6-11-25-29(33-20)34-26(38)18-43-25)23-10-8-21(41-24(23)14-16-37)7-5-19-13-15-32-22-9-12-27(40-4)35-28(19)22/h6,9,11-13,15-16,21,23-24H,5,7-8,10,14,17-18H2,1-4H3,(H,33,34,38)/t21-,23-,24-/m1/s1. The van der Waals surface area contributed by atoms with Crippen molar-refractivity contribution >= 4 is 46.9 Å². The Bertz CT molecular complexity index is 1500. The zero-order valence-corrected chi connectivity index (χ0v) is 25.7. The van der Waals surface area contributed by atoms with Gasteiger partial charge in [0.15, 0.2) is 0 Å². The summed E-state index contributed by atoms with van der Waals surface area (Å²) in [6.45, 7) is 5.59. The molecule has 0 radical (unpaired) electrons. The number of fused-ring (bicyclic) bond motifs is 2. The SMILES string of the molecule is COc1ccc2nccc(CC[C@@H]3CC[C@@H](N(Cc4ccc5c(n4)NC(=O)CS5)C(=O)OC(C)(C)C)[C@@H](CC=O)O3)c2n1. The molecule has 0 unspecified atom stereocenters. The van der Waals surface area contributed by atoms with Gasteiger partial charge in [-0.1, -0.05) is 0 Å². The molecule has 3 aromatic rings. The zero-order chi connectivity index (χ0) is 30.6. The number of carbonyl (C=O) groups is 3. The molecule has 1 saturated heterocycles. The van der Waals surface area contributed by atoms with Gasteiger partial charge in [0.25, 0.3) is 0 Å². The Hall–Kier alpha value is -3.77. The van der Waals surface area contributed by atoms with E-state index in [1.807, 2.05) is 45.0 Å². The van der Waals surface area contributed by atoms with Gasteiger partial charge in [0, 0.05) is 18.7 Å². The van der Waals surface area contributed by atoms with Gasteiger partial charge in [-0.05, 0) is 76.3 Å². The van der Waals surface area contributed by atoms with Crippen LogP contribution in [-0.2, 0) is 32.0 Å². The van der Waals surface area contributed by atoms with Gasteiger partial charge in [0.05, 0.1) is 59.3 Å². The molecule has 0 saturated carbocycles. The lowest BCUT2D eigenvalue weighted by Crippen LogP contribution is -2.52. The highest BCUT2D eigenvalue weighted by Gasteiger charge is 2.39. The van der Waals surface area contributed by atoms with Crippen molar-refractivity contribution in [2.45, 2.75) is 88.2 Å². The molecule has 11 nitrogen and oxygen atoms in total. The van der Waals surface area contributed by atoms with Gasteiger partial charge in [0.2, 0.25) is 11.8 Å². The van der Waals surface area contributed by atoms with Crippen molar-refractivity contribution in [1.82, 2.24) is 19.9 Å². The second-order valence-corrected chi connectivity index (χ2v) is 12.7. The third-order valence-electron chi connectivity index (χ3n) is 7.39. The average Bonchev–Trinajstić information content (AvgIpc) is 2.98. The van der Waals surface area contributed by atoms with E-state index >= 15 is 0 Å². The lowest BCUT2D eigenvalue weighted by atomic mass is 9.92. The van der Waals surface area contributed by atoms with Crippen molar-refractivity contribution < 1.29 is 28.6 Å². The molecule has 1 fully saturated rings. The van der Waals surface area contributed by atoms with E-state index in [1.165, 1.54) is 11.8 Å². The second-order valence-electron chi connectivity index (χ2n) is 11.7. The van der Waals surface area contributed by atoms with E-state index in [0.717, 1.165) is 34.2 Å². The lowest BCUT2D eigenvalue weighted by Gasteiger charge is -2.42. The number of rotatable bonds is 9. The zero-order valence-electron chi connectivity index (χ0n) is 24.9. The number of hydrogen-bond donors (Lipinski definition) is 1. The van der Waals surface area contributed by atoms with Crippen LogP contribution in [0.4, 0.5) is 10.6 Å². The quantitative estimate of drug-likeness (QED) is 0.333. The smallest absolute Gasteiger partial charge is 0.410 e. The Morgan fingerprint density at radius 2 is 2.02 bits per heavy atom. The molecule has 5 rings (SSSR count). The molecule has 12 heteroatoms. The Labute approximate surface area is 255 Å². The molecule has 5 heterocycles. The van der Waals surface area contributed by atoms with E-state index in [1.54, 1.807) is 24.3 Å². The Kier molecular flexibility index (Phi) is 9.46. The van der Waals surface area contributed by atoms with E-state index in [4.69, 9.17) is 14.2 Å². The molecule has 0 aliphatic carbocycles. The Morgan fingerprint density at radius 1 is 1.19 bits per heavy atom. The maximum atomic E-state index is 13.6. The molecule has 1 N–H and O–H groups in total. The van der Waals surface area contributed by atoms with Gasteiger partial charge in [-0.15, -0.1) is 11.8 Å². The first-order chi connectivity index (χ1) is 20.6. The highest BCUT2D eigenvalue weighted by atomic mass is 32.2. The average molecular weight is 608 g/mol. The van der Waals surface area contributed by atoms with Crippen molar-refractivity contribution in [2.75, 3.05) is 18.2 Å². The fourth-order valence-corrected chi connectivity index (χ4v) is 6.18. The number of nitrogens with zero attached hydrogens (tertiary/aromatic N) is 4. The van der Waals surface area contributed by atoms with Crippen LogP contribution in [0.5, 0.6) is 5.88 Å². The van der Waals surface area contributed by atoms with E-state index in [9.17, 15) is 14.4 Å². The molecule has 0 spiro atoms. The number of aromatic nitrogens is 3. The summed E-state index contributed by atoms with van der Waals surface area (Å²) in [6, 6.07) is 8.99. The van der Waals surface area contributed by atoms with Crippen LogP contribution in [0.2, 0.25) is 0 Å². The highest BCUT2D eigenvalue weighted by molar-refractivity contribution is 8.00. The normalized spacial score (nSPS) is 20.2. The van der Waals surface area contributed by atoms with Gasteiger partial charge < -0.3 is 24.3 Å². The van der Waals surface area contributed by atoms with Gasteiger partial charge in [-0.25, -0.2) is 14.8 Å². The Balaban J connectivity index is 1.33. The summed E-state index contributed by atoms with van der Waals surface area (Å²) in [5.74, 6) is 1.25. The predicted octanol–water partition coefficient (Wildman–Crippen LogP) is 4.95. The number of hydrogen-bond acceptors (Lipinski definition) is 10. The molecule has 0 aromatic carbocycles. The molecule has 228 valence electrons. The summed E-state index contributed by atoms with van der Waals surface area (Å²) in [7, 11) is 1.59. The first-order valence-corrected chi connectivity index (χ1v) is 15.4. The number of carbonyl (C=O) groups excluding carboxylic acids is 3. The lowest BCUT2D eigenvalue weighted by molar-refractivity contribution is -0.124. The maximum Gasteiger partial charge on any atom is 0.410 e. The molecule has 2 aliphatic rings. The topological polar surface area (TPSA) is 133 Å². The van der Waals surface area contributed by atoms with Crippen LogP contribution in [0.1, 0.15) is 57.7 Å². The number of pyridine rings is 3. The number of ether oxygens (including phenoxy) is 3. The fraction of sp³-hybridized carbons (Fsp3) is 0.484. The first kappa shape index (κ1) is 30.7. The van der Waals surface area contributed by atoms with Gasteiger partial charge in [-0.3, -0.25) is 14.7 Å². The summed E-state index contributed by atoms with van der Waals surface area (Å²) in [5, 5.41) is 2.81. The third-order valence-corrected chi connectivity index (χ3v) is 8.44. The van der Waals surface area contributed by atoms with Crippen LogP contribution in [0, 0.1) is 0 Å². The minimum atomic E-state index is -0.717. The number of aldehydes is 1. The van der Waals surface area contributed by atoms with Crippen molar-refractivity contribution in [3.05, 3.63) is 47.8 Å². The van der Waals surface area contributed by atoms with Crippen LogP contribution in [-0.4, -0.2) is 74.9 Å². The number of nitrogens with one attached hydrogen (secondary N) is 1. The van der Waals surface area contributed by atoms with Crippen molar-refractivity contribution in [3.63, 3.8) is 0 Å². The minimum Gasteiger partial charge on any atom is -0.481 e. The van der Waals surface area contributed by atoms with Gasteiger partial charge >= 0.3 is 6.09 Å². The second kappa shape index (κ2) is 13.3. The summed E-state index contributed by atoms with van der Waals surface area (Å²) in [5.41, 5.74) is 2.52. The third kappa shape index (κ3) is 7.61. The summed E-state index contributed by atoms with van der Waals surface area (Å²) in [4.78, 5) is 53.4. The largest absolute Gasteiger partial charge is 0.481 e. The van der Waals surface area contributed by atoms with Crippen molar-refractivity contribution in [2.24, 2.45) is 0 Å². The maximum absolute atomic E-state index is 13.6. The molecule has 2 aliphatic heterocycles. The van der Waals surface area contributed by atoms with Crippen LogP contribution < -0.4 is 10.1 Å². The fourth-order valence-electron chi connectivity index (χ4n) is 5.42. The van der Waals surface area contributed by atoms with E-state index in [2.05, 4.69) is 20.3 Å². The van der Waals surface area contributed by atoms with Crippen molar-refractivity contribution in [1.29, 1.82) is 0 Å². The molecular weight excluding hydrogens is 570 g/mol. The van der Waals surface area contributed by atoms with E-state index in [-0.39, 0.29) is 25.0 Å². The minimum absolute atomic E-state index is 0.107. The summed E-state index contributed by atoms with van der Waals surface area (Å²) in [6.07, 6.45) is 4.39. The number of aryl methyl sites for hydroxylation is 1. The highest BCUT2D eigenvalue weighted by Crippen LogP contribution is 2.33. The van der Waals surface area contributed by atoms with E-state index < -0.39 is 23.8 Å².